The molecule has 2 aliphatic rings. The molecule has 2 atom stereocenters. The number of hydrogen-bond donors (Lipinski definition) is 0. The Kier molecular flexibility index (Phi) is 11.8. The fourth-order valence-electron chi connectivity index (χ4n) is 7.31. The monoisotopic (exact) mass is 700 g/mol. The summed E-state index contributed by atoms with van der Waals surface area (Å²) in [6.07, 6.45) is 7.33. The van der Waals surface area contributed by atoms with Gasteiger partial charge in [-0.05, 0) is 108 Å². The average molecular weight is 701 g/mol. The average Bonchev–Trinajstić information content (AvgIpc) is 3.58. The first kappa shape index (κ1) is 37.8. The number of alkyl halides is 2. The van der Waals surface area contributed by atoms with Crippen molar-refractivity contribution in [2.45, 2.75) is 84.7 Å². The largest absolute Gasteiger partial charge is 0.465 e. The van der Waals surface area contributed by atoms with Crippen LogP contribution in [-0.2, 0) is 19.6 Å². The molecule has 0 bridgehead atoms. The standard InChI is InChI=1S/C22H24F2O3.C16H22O5S/c1-22(2)11-5-8-19(22)18-13-15(20(25)26-3)9-10-17(18)14-6-4-7-16(12-14)27-21(23)24;1-16(2)9-5-6-13(16)12-10-11(15(17)20-3)7-8-14(12)21-22(4,18)19/h4,6-7,9-10,12-13,19,21H,5,8,11H2,1-3H3;7-8,10,13H,5-6,9H2,1-4H3. The lowest BCUT2D eigenvalue weighted by Gasteiger charge is -2.29. The van der Waals surface area contributed by atoms with Crippen LogP contribution in [0.5, 0.6) is 11.5 Å². The highest BCUT2D eigenvalue weighted by Gasteiger charge is 2.38. The minimum atomic E-state index is -3.62. The van der Waals surface area contributed by atoms with Gasteiger partial charge in [0.2, 0.25) is 0 Å². The molecule has 2 aliphatic carbocycles. The molecule has 0 saturated heterocycles. The van der Waals surface area contributed by atoms with E-state index >= 15 is 0 Å². The first-order chi connectivity index (χ1) is 23.0. The van der Waals surface area contributed by atoms with Crippen LogP contribution in [0.3, 0.4) is 0 Å². The Morgan fingerprint density at radius 1 is 0.776 bits per heavy atom. The summed E-state index contributed by atoms with van der Waals surface area (Å²) in [5.74, 6) is 0.0216. The van der Waals surface area contributed by atoms with Gasteiger partial charge in [0, 0.05) is 5.56 Å². The lowest BCUT2D eigenvalue weighted by Crippen LogP contribution is -2.18. The highest BCUT2D eigenvalue weighted by molar-refractivity contribution is 7.86. The summed E-state index contributed by atoms with van der Waals surface area (Å²) in [5, 5.41) is 0. The van der Waals surface area contributed by atoms with Crippen molar-refractivity contribution in [3.63, 3.8) is 0 Å². The number of halogens is 2. The van der Waals surface area contributed by atoms with Crippen LogP contribution >= 0.6 is 0 Å². The smallest absolute Gasteiger partial charge is 0.387 e. The minimum absolute atomic E-state index is 0.0321. The van der Waals surface area contributed by atoms with Crippen LogP contribution in [0, 0.1) is 10.8 Å². The summed E-state index contributed by atoms with van der Waals surface area (Å²) in [5.41, 5.74) is 4.57. The van der Waals surface area contributed by atoms with Crippen molar-refractivity contribution in [1.82, 2.24) is 0 Å². The molecule has 0 heterocycles. The summed E-state index contributed by atoms with van der Waals surface area (Å²) in [4.78, 5) is 23.8. The second kappa shape index (κ2) is 15.3. The Bertz CT molecular complexity index is 1770. The van der Waals surface area contributed by atoms with Gasteiger partial charge in [0.15, 0.2) is 0 Å². The predicted molar refractivity (Wildman–Crippen MR) is 184 cm³/mol. The predicted octanol–water partition coefficient (Wildman–Crippen LogP) is 9.14. The Morgan fingerprint density at radius 2 is 1.31 bits per heavy atom. The second-order valence-corrected chi connectivity index (χ2v) is 15.7. The molecule has 5 rings (SSSR count). The van der Waals surface area contributed by atoms with Crippen LogP contribution < -0.4 is 8.92 Å². The van der Waals surface area contributed by atoms with Crippen LogP contribution in [0.1, 0.15) is 110 Å². The molecular formula is C38H46F2O8S. The first-order valence-electron chi connectivity index (χ1n) is 16.3. The maximum atomic E-state index is 12.6. The van der Waals surface area contributed by atoms with Crippen molar-refractivity contribution < 1.29 is 45.2 Å². The van der Waals surface area contributed by atoms with E-state index in [2.05, 4.69) is 32.4 Å². The van der Waals surface area contributed by atoms with E-state index in [0.29, 0.717) is 16.9 Å². The molecule has 266 valence electrons. The third-order valence-electron chi connectivity index (χ3n) is 9.78. The molecule has 2 fully saturated rings. The molecule has 11 heteroatoms. The third-order valence-corrected chi connectivity index (χ3v) is 10.3. The number of carbonyl (C=O) groups excluding carboxylic acids is 2. The number of rotatable bonds is 9. The molecule has 8 nitrogen and oxygen atoms in total. The highest BCUT2D eigenvalue weighted by atomic mass is 32.2. The number of carbonyl (C=O) groups is 2. The van der Waals surface area contributed by atoms with Gasteiger partial charge in [-0.25, -0.2) is 9.59 Å². The fourth-order valence-corrected chi connectivity index (χ4v) is 7.79. The van der Waals surface area contributed by atoms with Crippen molar-refractivity contribution in [1.29, 1.82) is 0 Å². The second-order valence-electron chi connectivity index (χ2n) is 14.1. The lowest BCUT2D eigenvalue weighted by atomic mass is 9.75. The van der Waals surface area contributed by atoms with Crippen molar-refractivity contribution in [3.8, 4) is 22.6 Å². The van der Waals surface area contributed by atoms with Gasteiger partial charge in [-0.3, -0.25) is 0 Å². The van der Waals surface area contributed by atoms with Gasteiger partial charge in [0.25, 0.3) is 0 Å². The minimum Gasteiger partial charge on any atom is -0.465 e. The van der Waals surface area contributed by atoms with Gasteiger partial charge in [0.05, 0.1) is 31.6 Å². The zero-order valence-corrected chi connectivity index (χ0v) is 30.0. The first-order valence-corrected chi connectivity index (χ1v) is 18.2. The molecule has 2 unspecified atom stereocenters. The van der Waals surface area contributed by atoms with Crippen LogP contribution in [0.4, 0.5) is 8.78 Å². The van der Waals surface area contributed by atoms with Crippen molar-refractivity contribution in [3.05, 3.63) is 82.9 Å². The van der Waals surface area contributed by atoms with E-state index in [-0.39, 0.29) is 34.4 Å². The van der Waals surface area contributed by atoms with E-state index in [9.17, 15) is 26.8 Å². The molecule has 0 amide bonds. The van der Waals surface area contributed by atoms with Gasteiger partial charge in [-0.2, -0.15) is 17.2 Å². The number of methoxy groups -OCH3 is 2. The fraction of sp³-hybridized carbons (Fsp3) is 0.474. The van der Waals surface area contributed by atoms with Gasteiger partial charge < -0.3 is 18.4 Å². The lowest BCUT2D eigenvalue weighted by molar-refractivity contribution is -0.0498. The zero-order valence-electron chi connectivity index (χ0n) is 29.2. The number of hydrogen-bond acceptors (Lipinski definition) is 8. The van der Waals surface area contributed by atoms with E-state index in [1.165, 1.54) is 32.4 Å². The molecule has 3 aromatic carbocycles. The van der Waals surface area contributed by atoms with Crippen LogP contribution in [0.2, 0.25) is 0 Å². The van der Waals surface area contributed by atoms with Crippen molar-refractivity contribution in [2.24, 2.45) is 10.8 Å². The Labute approximate surface area is 288 Å². The van der Waals surface area contributed by atoms with Crippen LogP contribution in [0.15, 0.2) is 60.7 Å². The molecule has 0 aliphatic heterocycles. The van der Waals surface area contributed by atoms with Crippen LogP contribution in [0.25, 0.3) is 11.1 Å². The molecule has 49 heavy (non-hydrogen) atoms. The molecule has 0 spiro atoms. The molecule has 2 saturated carbocycles. The van der Waals surface area contributed by atoms with Crippen LogP contribution in [-0.4, -0.2) is 47.4 Å². The quantitative estimate of drug-likeness (QED) is 0.161. The Morgan fingerprint density at radius 3 is 1.80 bits per heavy atom. The van der Waals surface area contributed by atoms with E-state index in [1.807, 2.05) is 18.2 Å². The number of benzene rings is 3. The maximum absolute atomic E-state index is 12.6. The molecule has 3 aromatic rings. The molecule has 0 N–H and O–H groups in total. The SMILES string of the molecule is COC(=O)c1ccc(-c2cccc(OC(F)F)c2)c(C2CCCC2(C)C)c1.COC(=O)c1ccc(OS(C)(=O)=O)c(C2CCCC2(C)C)c1. The van der Waals surface area contributed by atoms with E-state index in [0.717, 1.165) is 67.0 Å². The summed E-state index contributed by atoms with van der Waals surface area (Å²) in [7, 11) is -0.938. The summed E-state index contributed by atoms with van der Waals surface area (Å²) < 4.78 is 67.5. The molecule has 0 radical (unpaired) electrons. The normalized spacial score (nSPS) is 19.5. The number of esters is 2. The highest BCUT2D eigenvalue weighted by Crippen LogP contribution is 2.52. The molecule has 0 aromatic heterocycles. The summed E-state index contributed by atoms with van der Waals surface area (Å²) >= 11 is 0. The summed E-state index contributed by atoms with van der Waals surface area (Å²) in [6.45, 7) is 5.90. The van der Waals surface area contributed by atoms with E-state index in [4.69, 9.17) is 13.7 Å². The van der Waals surface area contributed by atoms with Crippen molar-refractivity contribution >= 4 is 22.1 Å². The van der Waals surface area contributed by atoms with Crippen molar-refractivity contribution in [2.75, 3.05) is 20.5 Å². The molecular weight excluding hydrogens is 654 g/mol. The maximum Gasteiger partial charge on any atom is 0.387 e. The van der Waals surface area contributed by atoms with E-state index < -0.39 is 22.7 Å². The van der Waals surface area contributed by atoms with Gasteiger partial charge in [-0.1, -0.05) is 58.7 Å². The van der Waals surface area contributed by atoms with Gasteiger partial charge in [-0.15, -0.1) is 0 Å². The zero-order chi connectivity index (χ0) is 36.1. The van der Waals surface area contributed by atoms with Gasteiger partial charge >= 0.3 is 28.7 Å². The Hall–Kier alpha value is -3.99. The topological polar surface area (TPSA) is 105 Å². The van der Waals surface area contributed by atoms with E-state index in [1.54, 1.807) is 24.3 Å². The summed E-state index contributed by atoms with van der Waals surface area (Å²) in [6, 6.07) is 16.9. The Balaban J connectivity index is 0.000000226. The third kappa shape index (κ3) is 9.38. The number of ether oxygens (including phenoxy) is 3. The van der Waals surface area contributed by atoms with Gasteiger partial charge in [0.1, 0.15) is 11.5 Å².